The maximum absolute atomic E-state index is 12.4. The first-order valence-electron chi connectivity index (χ1n) is 9.15. The van der Waals surface area contributed by atoms with Crippen molar-refractivity contribution in [3.05, 3.63) is 35.9 Å². The van der Waals surface area contributed by atoms with Crippen molar-refractivity contribution in [2.45, 2.75) is 45.2 Å². The van der Waals surface area contributed by atoms with Gasteiger partial charge in [0, 0.05) is 38.8 Å². The number of rotatable bonds is 8. The number of carbonyl (C=O) groups is 1. The van der Waals surface area contributed by atoms with Crippen molar-refractivity contribution >= 4 is 6.03 Å². The van der Waals surface area contributed by atoms with Gasteiger partial charge in [-0.25, -0.2) is 4.79 Å². The average molecular weight is 333 g/mol. The molecule has 2 amide bonds. The van der Waals surface area contributed by atoms with Gasteiger partial charge < -0.3 is 15.3 Å². The highest BCUT2D eigenvalue weighted by molar-refractivity contribution is 5.74. The van der Waals surface area contributed by atoms with Crippen LogP contribution in [0, 0.1) is 0 Å². The minimum absolute atomic E-state index is 0.0205. The fourth-order valence-electron chi connectivity index (χ4n) is 3.13. The quantitative estimate of drug-likeness (QED) is 0.768. The van der Waals surface area contributed by atoms with Crippen molar-refractivity contribution < 1.29 is 9.90 Å². The Labute approximate surface area is 145 Å². The van der Waals surface area contributed by atoms with Crippen LogP contribution in [0.25, 0.3) is 0 Å². The lowest BCUT2D eigenvalue weighted by molar-refractivity contribution is 0.158. The average Bonchev–Trinajstić information content (AvgIpc) is 2.61. The fourth-order valence-corrected chi connectivity index (χ4v) is 3.13. The number of amides is 2. The van der Waals surface area contributed by atoms with Crippen LogP contribution in [-0.2, 0) is 6.54 Å². The Morgan fingerprint density at radius 2 is 1.96 bits per heavy atom. The molecular formula is C19H31N3O2. The lowest BCUT2D eigenvalue weighted by Crippen LogP contribution is -2.49. The molecule has 2 rings (SSSR count). The number of likely N-dealkylation sites (tertiary alicyclic amines) is 1. The summed E-state index contributed by atoms with van der Waals surface area (Å²) in [6.45, 7) is 6.26. The standard InChI is InChI=1S/C19H31N3O2/c1-2-3-11-22(14-15-23)19(24)20-18-9-12-21(13-10-18)16-17-7-5-4-6-8-17/h4-8,18,23H,2-3,9-16H2,1H3,(H,20,24). The first-order valence-corrected chi connectivity index (χ1v) is 9.15. The molecule has 0 aromatic heterocycles. The van der Waals surface area contributed by atoms with E-state index in [0.717, 1.165) is 51.9 Å². The Kier molecular flexibility index (Phi) is 8.05. The first-order chi connectivity index (χ1) is 11.7. The maximum Gasteiger partial charge on any atom is 0.317 e. The summed E-state index contributed by atoms with van der Waals surface area (Å²) in [5.74, 6) is 0. The number of carbonyl (C=O) groups excluding carboxylic acids is 1. The van der Waals surface area contributed by atoms with Crippen molar-refractivity contribution in [1.29, 1.82) is 0 Å². The molecule has 0 radical (unpaired) electrons. The molecule has 5 nitrogen and oxygen atoms in total. The Balaban J connectivity index is 1.74. The van der Waals surface area contributed by atoms with Crippen LogP contribution in [0.1, 0.15) is 38.2 Å². The minimum Gasteiger partial charge on any atom is -0.395 e. The molecule has 1 heterocycles. The van der Waals surface area contributed by atoms with E-state index in [1.54, 1.807) is 4.90 Å². The van der Waals surface area contributed by atoms with Crippen LogP contribution in [0.5, 0.6) is 0 Å². The number of urea groups is 1. The molecule has 1 aliphatic rings. The van der Waals surface area contributed by atoms with E-state index in [9.17, 15) is 4.79 Å². The van der Waals surface area contributed by atoms with Gasteiger partial charge in [-0.1, -0.05) is 43.7 Å². The zero-order valence-electron chi connectivity index (χ0n) is 14.8. The molecule has 1 fully saturated rings. The summed E-state index contributed by atoms with van der Waals surface area (Å²) in [5.41, 5.74) is 1.34. The largest absolute Gasteiger partial charge is 0.395 e. The van der Waals surface area contributed by atoms with Crippen molar-refractivity contribution in [2.24, 2.45) is 0 Å². The van der Waals surface area contributed by atoms with E-state index < -0.39 is 0 Å². The topological polar surface area (TPSA) is 55.8 Å². The fraction of sp³-hybridized carbons (Fsp3) is 0.632. The second-order valence-electron chi connectivity index (χ2n) is 6.55. The van der Waals surface area contributed by atoms with Gasteiger partial charge in [0.05, 0.1) is 6.61 Å². The number of piperidine rings is 1. The first kappa shape index (κ1) is 18.7. The molecule has 1 saturated heterocycles. The van der Waals surface area contributed by atoms with Crippen molar-refractivity contribution in [2.75, 3.05) is 32.8 Å². The Morgan fingerprint density at radius 3 is 2.58 bits per heavy atom. The van der Waals surface area contributed by atoms with Crippen LogP contribution >= 0.6 is 0 Å². The van der Waals surface area contributed by atoms with Crippen LogP contribution in [0.4, 0.5) is 4.79 Å². The number of benzene rings is 1. The normalized spacial score (nSPS) is 16.1. The van der Waals surface area contributed by atoms with E-state index in [2.05, 4.69) is 41.4 Å². The van der Waals surface area contributed by atoms with Gasteiger partial charge in [-0.3, -0.25) is 4.90 Å². The highest BCUT2D eigenvalue weighted by Crippen LogP contribution is 2.14. The van der Waals surface area contributed by atoms with Crippen LogP contribution in [-0.4, -0.2) is 59.8 Å². The number of nitrogens with one attached hydrogen (secondary N) is 1. The number of aliphatic hydroxyl groups is 1. The number of unbranched alkanes of at least 4 members (excludes halogenated alkanes) is 1. The number of hydrogen-bond donors (Lipinski definition) is 2. The summed E-state index contributed by atoms with van der Waals surface area (Å²) in [7, 11) is 0. The van der Waals surface area contributed by atoms with Crippen molar-refractivity contribution in [3.8, 4) is 0 Å². The molecule has 0 atom stereocenters. The second kappa shape index (κ2) is 10.3. The third-order valence-electron chi connectivity index (χ3n) is 4.60. The van der Waals surface area contributed by atoms with Gasteiger partial charge in [-0.15, -0.1) is 0 Å². The van der Waals surface area contributed by atoms with Gasteiger partial charge in [0.15, 0.2) is 0 Å². The zero-order valence-corrected chi connectivity index (χ0v) is 14.8. The van der Waals surface area contributed by atoms with E-state index in [0.29, 0.717) is 6.54 Å². The number of aliphatic hydroxyl groups excluding tert-OH is 1. The molecule has 1 aromatic rings. The monoisotopic (exact) mass is 333 g/mol. The van der Waals surface area contributed by atoms with Gasteiger partial charge in [0.2, 0.25) is 0 Å². The summed E-state index contributed by atoms with van der Waals surface area (Å²) in [4.78, 5) is 16.6. The smallest absolute Gasteiger partial charge is 0.317 e. The van der Waals surface area contributed by atoms with Crippen LogP contribution in [0.2, 0.25) is 0 Å². The van der Waals surface area contributed by atoms with E-state index in [1.165, 1.54) is 5.56 Å². The lowest BCUT2D eigenvalue weighted by Gasteiger charge is -2.33. The van der Waals surface area contributed by atoms with E-state index in [4.69, 9.17) is 5.11 Å². The van der Waals surface area contributed by atoms with Crippen LogP contribution < -0.4 is 5.32 Å². The Bertz CT molecular complexity index is 473. The molecule has 5 heteroatoms. The molecule has 0 bridgehead atoms. The van der Waals surface area contributed by atoms with E-state index >= 15 is 0 Å². The van der Waals surface area contributed by atoms with Crippen LogP contribution in [0.3, 0.4) is 0 Å². The minimum atomic E-state index is -0.0287. The summed E-state index contributed by atoms with van der Waals surface area (Å²) >= 11 is 0. The molecule has 24 heavy (non-hydrogen) atoms. The van der Waals surface area contributed by atoms with E-state index in [1.807, 2.05) is 6.07 Å². The van der Waals surface area contributed by atoms with E-state index in [-0.39, 0.29) is 18.7 Å². The third kappa shape index (κ3) is 6.13. The van der Waals surface area contributed by atoms with Gasteiger partial charge in [0.1, 0.15) is 0 Å². The molecule has 1 aliphatic heterocycles. The zero-order chi connectivity index (χ0) is 17.2. The third-order valence-corrected chi connectivity index (χ3v) is 4.60. The predicted octanol–water partition coefficient (Wildman–Crippen LogP) is 2.46. The van der Waals surface area contributed by atoms with Gasteiger partial charge >= 0.3 is 6.03 Å². The molecule has 0 saturated carbocycles. The SMILES string of the molecule is CCCCN(CCO)C(=O)NC1CCN(Cc2ccccc2)CC1. The lowest BCUT2D eigenvalue weighted by atomic mass is 10.0. The predicted molar refractivity (Wildman–Crippen MR) is 96.8 cm³/mol. The van der Waals surface area contributed by atoms with Crippen molar-refractivity contribution in [3.63, 3.8) is 0 Å². The molecular weight excluding hydrogens is 302 g/mol. The summed E-state index contributed by atoms with van der Waals surface area (Å²) in [6.07, 6.45) is 3.99. The van der Waals surface area contributed by atoms with Gasteiger partial charge in [-0.05, 0) is 24.8 Å². The molecule has 134 valence electrons. The van der Waals surface area contributed by atoms with Gasteiger partial charge in [0.25, 0.3) is 0 Å². The molecule has 0 aliphatic carbocycles. The Hall–Kier alpha value is -1.59. The van der Waals surface area contributed by atoms with Gasteiger partial charge in [-0.2, -0.15) is 0 Å². The van der Waals surface area contributed by atoms with Crippen LogP contribution in [0.15, 0.2) is 30.3 Å². The highest BCUT2D eigenvalue weighted by Gasteiger charge is 2.22. The molecule has 0 spiro atoms. The molecule has 1 aromatic carbocycles. The molecule has 0 unspecified atom stereocenters. The molecule has 2 N–H and O–H groups in total. The van der Waals surface area contributed by atoms with Crippen molar-refractivity contribution in [1.82, 2.24) is 15.1 Å². The number of hydrogen-bond acceptors (Lipinski definition) is 3. The number of nitrogens with zero attached hydrogens (tertiary/aromatic N) is 2. The summed E-state index contributed by atoms with van der Waals surface area (Å²) in [6, 6.07) is 10.7. The summed E-state index contributed by atoms with van der Waals surface area (Å²) < 4.78 is 0. The summed E-state index contributed by atoms with van der Waals surface area (Å²) in [5, 5.41) is 12.3. The second-order valence-corrected chi connectivity index (χ2v) is 6.55. The highest BCUT2D eigenvalue weighted by atomic mass is 16.3. The Morgan fingerprint density at radius 1 is 1.25 bits per heavy atom. The maximum atomic E-state index is 12.4.